The number of para-hydroxylation sites is 1. The zero-order chi connectivity index (χ0) is 28.6. The number of rotatable bonds is 9. The van der Waals surface area contributed by atoms with Crippen molar-refractivity contribution >= 4 is 62.9 Å². The van der Waals surface area contributed by atoms with E-state index in [1.54, 1.807) is 32.0 Å². The Morgan fingerprint density at radius 3 is 2.50 bits per heavy atom. The van der Waals surface area contributed by atoms with Crippen LogP contribution >= 0.6 is 46.0 Å². The molecule has 0 aliphatic carbocycles. The zero-order valence-corrected chi connectivity index (χ0v) is 25.0. The van der Waals surface area contributed by atoms with Crippen molar-refractivity contribution in [3.63, 3.8) is 0 Å². The molecule has 206 valence electrons. The third kappa shape index (κ3) is 5.19. The van der Waals surface area contributed by atoms with Crippen LogP contribution in [0.15, 0.2) is 58.1 Å². The number of nitrogens with zero attached hydrogens (tertiary/aromatic N) is 4. The lowest BCUT2D eigenvalue weighted by Crippen LogP contribution is -2.31. The highest BCUT2D eigenvalue weighted by molar-refractivity contribution is 8.00. The Balaban J connectivity index is 1.57. The number of ketones is 1. The van der Waals surface area contributed by atoms with Crippen molar-refractivity contribution in [1.29, 1.82) is 0 Å². The van der Waals surface area contributed by atoms with E-state index in [4.69, 9.17) is 21.1 Å². The predicted molar refractivity (Wildman–Crippen MR) is 156 cm³/mol. The molecular formula is C27H23ClN4O5S3. The highest BCUT2D eigenvalue weighted by Gasteiger charge is 2.48. The SMILES string of the molecule is COc1cccc(C2C(C(=O)c3sc(C)nc3C)=C(O)C(=O)N2c2nnc(SCc3ccc(Cl)cc3)s2)c1OC. The molecule has 4 aromatic rings. The van der Waals surface area contributed by atoms with Gasteiger partial charge in [0.05, 0.1) is 35.4 Å². The van der Waals surface area contributed by atoms with E-state index in [9.17, 15) is 14.7 Å². The number of hydrogen-bond acceptors (Lipinski definition) is 11. The summed E-state index contributed by atoms with van der Waals surface area (Å²) in [6.45, 7) is 3.51. The second kappa shape index (κ2) is 11.6. The molecule has 5 rings (SSSR count). The van der Waals surface area contributed by atoms with Gasteiger partial charge in [-0.05, 0) is 37.6 Å². The van der Waals surface area contributed by atoms with Crippen LogP contribution in [0, 0.1) is 13.8 Å². The second-order valence-electron chi connectivity index (χ2n) is 8.66. The third-order valence-corrected chi connectivity index (χ3v) is 9.62. The van der Waals surface area contributed by atoms with Crippen LogP contribution in [-0.2, 0) is 10.5 Å². The Bertz CT molecular complexity index is 1630. The molecule has 1 amide bonds. The van der Waals surface area contributed by atoms with Gasteiger partial charge in [-0.15, -0.1) is 21.5 Å². The molecule has 1 aliphatic heterocycles. The molecule has 9 nitrogen and oxygen atoms in total. The summed E-state index contributed by atoms with van der Waals surface area (Å²) in [6.07, 6.45) is 0. The number of thiazole rings is 1. The van der Waals surface area contributed by atoms with Gasteiger partial charge in [0.2, 0.25) is 10.9 Å². The molecule has 2 aromatic heterocycles. The van der Waals surface area contributed by atoms with Gasteiger partial charge in [-0.1, -0.05) is 59.0 Å². The number of aliphatic hydroxyl groups excluding tert-OH is 1. The molecule has 40 heavy (non-hydrogen) atoms. The van der Waals surface area contributed by atoms with Gasteiger partial charge in [-0.25, -0.2) is 4.98 Å². The smallest absolute Gasteiger partial charge is 0.296 e. The molecule has 0 fully saturated rings. The number of thioether (sulfide) groups is 1. The van der Waals surface area contributed by atoms with E-state index in [2.05, 4.69) is 15.2 Å². The minimum atomic E-state index is -1.05. The van der Waals surface area contributed by atoms with Gasteiger partial charge >= 0.3 is 0 Å². The fourth-order valence-corrected chi connectivity index (χ4v) is 7.23. The van der Waals surface area contributed by atoms with E-state index < -0.39 is 23.5 Å². The van der Waals surface area contributed by atoms with Crippen molar-refractivity contribution in [1.82, 2.24) is 15.2 Å². The molecule has 13 heteroatoms. The summed E-state index contributed by atoms with van der Waals surface area (Å²) in [4.78, 5) is 33.5. The molecular weight excluding hydrogens is 592 g/mol. The molecule has 0 radical (unpaired) electrons. The Morgan fingerprint density at radius 2 is 1.85 bits per heavy atom. The summed E-state index contributed by atoms with van der Waals surface area (Å²) in [6, 6.07) is 11.6. The van der Waals surface area contributed by atoms with Crippen molar-refractivity contribution in [3.8, 4) is 11.5 Å². The number of Topliss-reactive ketones (excluding diaryl/α,β-unsaturated/α-hetero) is 1. The van der Waals surface area contributed by atoms with Crippen LogP contribution in [-0.4, -0.2) is 46.2 Å². The van der Waals surface area contributed by atoms with Crippen molar-refractivity contribution in [2.75, 3.05) is 19.1 Å². The van der Waals surface area contributed by atoms with E-state index in [0.717, 1.165) is 5.56 Å². The van der Waals surface area contributed by atoms with Crippen molar-refractivity contribution < 1.29 is 24.2 Å². The van der Waals surface area contributed by atoms with Gasteiger partial charge in [-0.2, -0.15) is 0 Å². The monoisotopic (exact) mass is 614 g/mol. The Morgan fingerprint density at radius 1 is 1.10 bits per heavy atom. The summed E-state index contributed by atoms with van der Waals surface area (Å²) in [7, 11) is 2.97. The largest absolute Gasteiger partial charge is 0.503 e. The predicted octanol–water partition coefficient (Wildman–Crippen LogP) is 6.36. The molecule has 1 N–H and O–H groups in total. The van der Waals surface area contributed by atoms with Crippen molar-refractivity contribution in [2.45, 2.75) is 30.0 Å². The molecule has 3 heterocycles. The number of amides is 1. The molecule has 0 saturated carbocycles. The number of carbonyl (C=O) groups excluding carboxylic acids is 2. The number of methoxy groups -OCH3 is 2. The molecule has 0 saturated heterocycles. The Labute approximate surface area is 247 Å². The number of aryl methyl sites for hydroxylation is 2. The van der Waals surface area contributed by atoms with Gasteiger partial charge in [-0.3, -0.25) is 14.5 Å². The first kappa shape index (κ1) is 28.1. The topological polar surface area (TPSA) is 115 Å². The fraction of sp³-hybridized carbons (Fsp3) is 0.222. The number of benzene rings is 2. The number of aliphatic hydroxyl groups is 1. The summed E-state index contributed by atoms with van der Waals surface area (Å²) in [5.41, 5.74) is 1.93. The van der Waals surface area contributed by atoms with Gasteiger partial charge < -0.3 is 14.6 Å². The van der Waals surface area contributed by atoms with Crippen LogP contribution in [0.1, 0.15) is 37.5 Å². The quantitative estimate of drug-likeness (QED) is 0.131. The van der Waals surface area contributed by atoms with Gasteiger partial charge in [0.1, 0.15) is 6.04 Å². The highest BCUT2D eigenvalue weighted by atomic mass is 35.5. The number of aromatic nitrogens is 3. The standard InChI is InChI=1S/C27H23ClN4O5S3/c1-13-24(39-14(2)29-13)21(33)19-20(17-6-5-7-18(36-3)23(17)37-4)32(25(35)22(19)34)26-30-31-27(40-26)38-12-15-8-10-16(28)11-9-15/h5-11,20,34H,12H2,1-4H3. The summed E-state index contributed by atoms with van der Waals surface area (Å²) in [5.74, 6) is -0.560. The number of ether oxygens (including phenoxy) is 2. The summed E-state index contributed by atoms with van der Waals surface area (Å²) < 4.78 is 11.8. The first-order chi connectivity index (χ1) is 19.2. The Hall–Kier alpha value is -3.45. The van der Waals surface area contributed by atoms with Gasteiger partial charge in [0.15, 0.2) is 21.6 Å². The lowest BCUT2D eigenvalue weighted by atomic mass is 9.94. The maximum atomic E-state index is 13.9. The number of anilines is 1. The summed E-state index contributed by atoms with van der Waals surface area (Å²) in [5, 5.41) is 21.3. The molecule has 1 unspecified atom stereocenters. The zero-order valence-electron chi connectivity index (χ0n) is 21.8. The molecule has 0 bridgehead atoms. The average molecular weight is 615 g/mol. The normalized spacial score (nSPS) is 15.2. The van der Waals surface area contributed by atoms with Crippen LogP contribution in [0.3, 0.4) is 0 Å². The minimum Gasteiger partial charge on any atom is -0.503 e. The fourth-order valence-electron chi connectivity index (χ4n) is 4.40. The van der Waals surface area contributed by atoms with Crippen molar-refractivity contribution in [3.05, 3.63) is 85.5 Å². The van der Waals surface area contributed by atoms with Crippen LogP contribution in [0.25, 0.3) is 0 Å². The van der Waals surface area contributed by atoms with Crippen LogP contribution < -0.4 is 14.4 Å². The van der Waals surface area contributed by atoms with Crippen LogP contribution in [0.2, 0.25) is 5.02 Å². The van der Waals surface area contributed by atoms with E-state index >= 15 is 0 Å². The van der Waals surface area contributed by atoms with Crippen LogP contribution in [0.5, 0.6) is 11.5 Å². The molecule has 2 aromatic carbocycles. The second-order valence-corrected chi connectivity index (χ2v) is 12.5. The van der Waals surface area contributed by atoms with Gasteiger partial charge in [0, 0.05) is 16.3 Å². The minimum absolute atomic E-state index is 0.0890. The van der Waals surface area contributed by atoms with E-state index in [1.165, 1.54) is 53.6 Å². The van der Waals surface area contributed by atoms with Crippen molar-refractivity contribution in [2.24, 2.45) is 0 Å². The van der Waals surface area contributed by atoms with E-state index in [0.29, 0.717) is 47.8 Å². The number of halogens is 1. The van der Waals surface area contributed by atoms with Crippen LogP contribution in [0.4, 0.5) is 5.13 Å². The Kier molecular flexibility index (Phi) is 8.13. The first-order valence-corrected chi connectivity index (χ1v) is 14.9. The first-order valence-electron chi connectivity index (χ1n) is 11.9. The van der Waals surface area contributed by atoms with E-state index in [1.807, 2.05) is 24.3 Å². The lowest BCUT2D eigenvalue weighted by molar-refractivity contribution is -0.117. The van der Waals surface area contributed by atoms with Gasteiger partial charge in [0.25, 0.3) is 5.91 Å². The third-order valence-electron chi connectivity index (χ3n) is 6.17. The maximum absolute atomic E-state index is 13.9. The number of carbonyl (C=O) groups is 2. The average Bonchev–Trinajstić information content (AvgIpc) is 3.62. The maximum Gasteiger partial charge on any atom is 0.296 e. The molecule has 1 aliphatic rings. The molecule has 0 spiro atoms. The molecule has 1 atom stereocenters. The summed E-state index contributed by atoms with van der Waals surface area (Å²) >= 11 is 9.83. The lowest BCUT2D eigenvalue weighted by Gasteiger charge is -2.26. The highest BCUT2D eigenvalue weighted by Crippen LogP contribution is 2.48. The van der Waals surface area contributed by atoms with E-state index in [-0.39, 0.29) is 10.7 Å². The number of hydrogen-bond donors (Lipinski definition) is 1.